The lowest BCUT2D eigenvalue weighted by Crippen LogP contribution is -2.29. The molecule has 0 unspecified atom stereocenters. The highest BCUT2D eigenvalue weighted by atomic mass is 32.1. The quantitative estimate of drug-likeness (QED) is 0.743. The highest BCUT2D eigenvalue weighted by molar-refractivity contribution is 7.15. The molecule has 4 N–H and O–H groups in total. The molecule has 2 aromatic rings. The molecular formula is C15H19F3N6S. The van der Waals surface area contributed by atoms with E-state index in [0.717, 1.165) is 38.4 Å². The molecule has 25 heavy (non-hydrogen) atoms. The molecule has 0 amide bonds. The maximum Gasteiger partial charge on any atom is 0.427 e. The molecule has 0 spiro atoms. The smallest absolute Gasteiger partial charge is 0.354 e. The van der Waals surface area contributed by atoms with Crippen LogP contribution in [0, 0.1) is 5.92 Å². The second-order valence-corrected chi connectivity index (χ2v) is 7.11. The van der Waals surface area contributed by atoms with E-state index in [9.17, 15) is 13.2 Å². The lowest BCUT2D eigenvalue weighted by molar-refractivity contribution is -0.134. The monoisotopic (exact) mass is 372 g/mol. The number of aromatic nitrogens is 3. The topological polar surface area (TPSA) is 88.8 Å². The first kappa shape index (κ1) is 17.9. The molecule has 2 heterocycles. The minimum absolute atomic E-state index is 0.137. The maximum absolute atomic E-state index is 12.6. The van der Waals surface area contributed by atoms with Gasteiger partial charge in [-0.1, -0.05) is 11.3 Å². The summed E-state index contributed by atoms with van der Waals surface area (Å²) in [4.78, 5) is 11.4. The Morgan fingerprint density at radius 3 is 2.64 bits per heavy atom. The zero-order chi connectivity index (χ0) is 17.9. The Kier molecular flexibility index (Phi) is 5.38. The summed E-state index contributed by atoms with van der Waals surface area (Å²) in [6.45, 7) is 0.756. The molecule has 0 saturated heterocycles. The summed E-state index contributed by atoms with van der Waals surface area (Å²) in [6.07, 6.45) is 2.17. The van der Waals surface area contributed by atoms with Crippen LogP contribution < -0.4 is 16.4 Å². The zero-order valence-electron chi connectivity index (χ0n) is 13.4. The zero-order valence-corrected chi connectivity index (χ0v) is 14.2. The Hall–Kier alpha value is -1.94. The fourth-order valence-electron chi connectivity index (χ4n) is 2.71. The van der Waals surface area contributed by atoms with E-state index in [0.29, 0.717) is 35.1 Å². The van der Waals surface area contributed by atoms with Crippen LogP contribution in [-0.2, 0) is 6.18 Å². The van der Waals surface area contributed by atoms with Crippen molar-refractivity contribution in [2.45, 2.75) is 37.9 Å². The number of thiazole rings is 1. The van der Waals surface area contributed by atoms with Gasteiger partial charge in [-0.05, 0) is 37.7 Å². The normalized spacial score (nSPS) is 21.1. The van der Waals surface area contributed by atoms with E-state index in [4.69, 9.17) is 5.73 Å². The van der Waals surface area contributed by atoms with Crippen molar-refractivity contribution < 1.29 is 13.2 Å². The SMILES string of the molecule is NC1CCC(CNc2nccc(Nc3ncc(C(F)(F)F)s3)n2)CC1. The minimum atomic E-state index is -4.39. The van der Waals surface area contributed by atoms with Crippen LogP contribution >= 0.6 is 11.3 Å². The molecule has 0 bridgehead atoms. The number of nitrogens with zero attached hydrogens (tertiary/aromatic N) is 3. The van der Waals surface area contributed by atoms with E-state index in [-0.39, 0.29) is 5.13 Å². The highest BCUT2D eigenvalue weighted by Crippen LogP contribution is 2.35. The van der Waals surface area contributed by atoms with Crippen LogP contribution in [0.1, 0.15) is 30.6 Å². The Bertz CT molecular complexity index is 697. The number of halogens is 3. The minimum Gasteiger partial charge on any atom is -0.354 e. The molecule has 3 rings (SSSR count). The van der Waals surface area contributed by atoms with Crippen LogP contribution in [0.2, 0.25) is 0 Å². The van der Waals surface area contributed by atoms with Gasteiger partial charge < -0.3 is 16.4 Å². The third-order valence-corrected chi connectivity index (χ3v) is 5.07. The Morgan fingerprint density at radius 1 is 1.20 bits per heavy atom. The number of anilines is 3. The summed E-state index contributed by atoms with van der Waals surface area (Å²) in [7, 11) is 0. The fraction of sp³-hybridized carbons (Fsp3) is 0.533. The van der Waals surface area contributed by atoms with Crippen molar-refractivity contribution in [3.63, 3.8) is 0 Å². The third-order valence-electron chi connectivity index (χ3n) is 4.12. The molecule has 10 heteroatoms. The van der Waals surface area contributed by atoms with Crippen molar-refractivity contribution in [2.24, 2.45) is 11.7 Å². The maximum atomic E-state index is 12.6. The number of nitrogens with two attached hydrogens (primary N) is 1. The van der Waals surface area contributed by atoms with Gasteiger partial charge in [-0.25, -0.2) is 9.97 Å². The Labute approximate surface area is 147 Å². The summed E-state index contributed by atoms with van der Waals surface area (Å²) in [5, 5.41) is 6.10. The Balaban J connectivity index is 1.57. The molecule has 0 aliphatic heterocycles. The molecule has 136 valence electrons. The highest BCUT2D eigenvalue weighted by Gasteiger charge is 2.33. The first-order valence-electron chi connectivity index (χ1n) is 8.02. The average molecular weight is 372 g/mol. The molecule has 6 nitrogen and oxygen atoms in total. The van der Waals surface area contributed by atoms with Crippen LogP contribution in [0.5, 0.6) is 0 Å². The van der Waals surface area contributed by atoms with Crippen molar-refractivity contribution in [2.75, 3.05) is 17.2 Å². The van der Waals surface area contributed by atoms with Gasteiger partial charge in [0.05, 0.1) is 6.20 Å². The van der Waals surface area contributed by atoms with Gasteiger partial charge in [0.25, 0.3) is 0 Å². The standard InChI is InChI=1S/C15H19F3N6S/c16-15(17,18)11-8-22-14(25-11)24-12-5-6-20-13(23-12)21-7-9-1-3-10(19)4-2-9/h5-6,8-10H,1-4,7,19H2,(H2,20,21,22,23,24). The van der Waals surface area contributed by atoms with Crippen LogP contribution in [0.15, 0.2) is 18.5 Å². The van der Waals surface area contributed by atoms with Crippen molar-refractivity contribution in [1.29, 1.82) is 0 Å². The van der Waals surface area contributed by atoms with Gasteiger partial charge in [0.15, 0.2) is 5.13 Å². The Morgan fingerprint density at radius 2 is 1.96 bits per heavy atom. The molecule has 1 aliphatic carbocycles. The van der Waals surface area contributed by atoms with E-state index in [1.54, 1.807) is 12.3 Å². The van der Waals surface area contributed by atoms with Crippen LogP contribution in [0.25, 0.3) is 0 Å². The lowest BCUT2D eigenvalue weighted by Gasteiger charge is -2.26. The fourth-order valence-corrected chi connectivity index (χ4v) is 3.40. The molecule has 1 aliphatic rings. The predicted octanol–water partition coefficient (Wildman–Crippen LogP) is 3.62. The number of nitrogens with one attached hydrogen (secondary N) is 2. The van der Waals surface area contributed by atoms with Gasteiger partial charge in [-0.15, -0.1) is 0 Å². The van der Waals surface area contributed by atoms with E-state index < -0.39 is 11.1 Å². The van der Waals surface area contributed by atoms with Gasteiger partial charge in [0.2, 0.25) is 5.95 Å². The summed E-state index contributed by atoms with van der Waals surface area (Å²) >= 11 is 0.537. The van der Waals surface area contributed by atoms with E-state index in [1.807, 2.05) is 0 Å². The molecule has 2 aromatic heterocycles. The second kappa shape index (κ2) is 7.52. The summed E-state index contributed by atoms with van der Waals surface area (Å²) in [5.41, 5.74) is 5.90. The number of hydrogen-bond acceptors (Lipinski definition) is 7. The van der Waals surface area contributed by atoms with Gasteiger partial charge >= 0.3 is 6.18 Å². The van der Waals surface area contributed by atoms with Crippen molar-refractivity contribution in [1.82, 2.24) is 15.0 Å². The molecule has 0 aromatic carbocycles. The van der Waals surface area contributed by atoms with Crippen molar-refractivity contribution >= 4 is 28.2 Å². The third kappa shape index (κ3) is 5.02. The molecule has 1 saturated carbocycles. The van der Waals surface area contributed by atoms with Gasteiger partial charge in [-0.2, -0.15) is 18.2 Å². The number of hydrogen-bond donors (Lipinski definition) is 3. The largest absolute Gasteiger partial charge is 0.427 e. The van der Waals surface area contributed by atoms with Gasteiger partial charge in [-0.3, -0.25) is 0 Å². The van der Waals surface area contributed by atoms with Crippen molar-refractivity contribution in [3.8, 4) is 0 Å². The van der Waals surface area contributed by atoms with Crippen LogP contribution in [0.4, 0.5) is 30.1 Å². The molecule has 0 atom stereocenters. The first-order valence-corrected chi connectivity index (χ1v) is 8.84. The predicted molar refractivity (Wildman–Crippen MR) is 90.9 cm³/mol. The summed E-state index contributed by atoms with van der Waals surface area (Å²) < 4.78 is 37.8. The van der Waals surface area contributed by atoms with Crippen LogP contribution in [0.3, 0.4) is 0 Å². The number of rotatable bonds is 5. The van der Waals surface area contributed by atoms with Gasteiger partial charge in [0, 0.05) is 18.8 Å². The molecule has 1 fully saturated rings. The van der Waals surface area contributed by atoms with Crippen LogP contribution in [-0.4, -0.2) is 27.5 Å². The summed E-state index contributed by atoms with van der Waals surface area (Å²) in [5.74, 6) is 1.37. The summed E-state index contributed by atoms with van der Waals surface area (Å²) in [6, 6.07) is 1.89. The second-order valence-electron chi connectivity index (χ2n) is 6.08. The van der Waals surface area contributed by atoms with Crippen molar-refractivity contribution in [3.05, 3.63) is 23.3 Å². The van der Waals surface area contributed by atoms with E-state index in [1.165, 1.54) is 0 Å². The average Bonchev–Trinajstić information content (AvgIpc) is 3.04. The molecular weight excluding hydrogens is 353 g/mol. The molecule has 0 radical (unpaired) electrons. The van der Waals surface area contributed by atoms with E-state index >= 15 is 0 Å². The lowest BCUT2D eigenvalue weighted by atomic mass is 9.86. The first-order chi connectivity index (χ1) is 11.9. The van der Waals surface area contributed by atoms with Gasteiger partial charge in [0.1, 0.15) is 10.7 Å². The number of alkyl halides is 3. The van der Waals surface area contributed by atoms with E-state index in [2.05, 4.69) is 25.6 Å².